The molecular formula is C20H18ClFN2O2. The fraction of sp³-hybridized carbons (Fsp3) is 0.250. The van der Waals surface area contributed by atoms with Crippen LogP contribution in [0, 0.1) is 5.82 Å². The summed E-state index contributed by atoms with van der Waals surface area (Å²) in [5.41, 5.74) is 1.92. The van der Waals surface area contributed by atoms with Crippen molar-refractivity contribution in [3.63, 3.8) is 0 Å². The minimum atomic E-state index is -0.240. The van der Waals surface area contributed by atoms with Crippen LogP contribution in [0.1, 0.15) is 17.6 Å². The predicted molar refractivity (Wildman–Crippen MR) is 97.3 cm³/mol. The second-order valence-electron chi connectivity index (χ2n) is 6.27. The van der Waals surface area contributed by atoms with Gasteiger partial charge in [-0.1, -0.05) is 23.7 Å². The van der Waals surface area contributed by atoms with Gasteiger partial charge in [-0.2, -0.15) is 0 Å². The average molecular weight is 373 g/mol. The zero-order valence-electron chi connectivity index (χ0n) is 14.1. The van der Waals surface area contributed by atoms with Crippen LogP contribution < -0.4 is 0 Å². The maximum absolute atomic E-state index is 13.1. The fourth-order valence-corrected chi connectivity index (χ4v) is 3.17. The maximum atomic E-state index is 13.1. The van der Waals surface area contributed by atoms with Gasteiger partial charge in [0.2, 0.25) is 5.89 Å². The van der Waals surface area contributed by atoms with Crippen LogP contribution in [0.2, 0.25) is 5.02 Å². The van der Waals surface area contributed by atoms with E-state index in [9.17, 15) is 4.39 Å². The Labute approximate surface area is 156 Å². The summed E-state index contributed by atoms with van der Waals surface area (Å²) in [5, 5.41) is 0.689. The third-order valence-electron chi connectivity index (χ3n) is 4.43. The minimum Gasteiger partial charge on any atom is -0.439 e. The standard InChI is InChI=1S/C20H18ClFN2O2/c21-16-5-1-14(2-6-16)18-11-23-20(26-18)13-24-9-10-25-19(12-24)15-3-7-17(22)8-4-15/h1-8,11,19H,9-10,12-13H2/t19-/m0/s1. The molecule has 4 nitrogen and oxygen atoms in total. The van der Waals surface area contributed by atoms with Crippen molar-refractivity contribution in [3.05, 3.63) is 77.0 Å². The lowest BCUT2D eigenvalue weighted by Crippen LogP contribution is -2.37. The molecule has 0 radical (unpaired) electrons. The van der Waals surface area contributed by atoms with Gasteiger partial charge >= 0.3 is 0 Å². The van der Waals surface area contributed by atoms with E-state index in [1.54, 1.807) is 18.3 Å². The van der Waals surface area contributed by atoms with Crippen LogP contribution in [-0.2, 0) is 11.3 Å². The highest BCUT2D eigenvalue weighted by Crippen LogP contribution is 2.25. The lowest BCUT2D eigenvalue weighted by Gasteiger charge is -2.32. The lowest BCUT2D eigenvalue weighted by atomic mass is 10.1. The number of rotatable bonds is 4. The van der Waals surface area contributed by atoms with Gasteiger partial charge in [-0.15, -0.1) is 0 Å². The third kappa shape index (κ3) is 3.96. The number of hydrogen-bond acceptors (Lipinski definition) is 4. The van der Waals surface area contributed by atoms with Gasteiger partial charge in [0.15, 0.2) is 5.76 Å². The van der Waals surface area contributed by atoms with E-state index in [0.29, 0.717) is 30.6 Å². The summed E-state index contributed by atoms with van der Waals surface area (Å²) in [7, 11) is 0. The Morgan fingerprint density at radius 1 is 1.12 bits per heavy atom. The summed E-state index contributed by atoms with van der Waals surface area (Å²) >= 11 is 5.92. The first kappa shape index (κ1) is 17.2. The molecule has 0 saturated carbocycles. The molecule has 1 saturated heterocycles. The summed E-state index contributed by atoms with van der Waals surface area (Å²) in [5.74, 6) is 1.14. The van der Waals surface area contributed by atoms with Crippen LogP contribution >= 0.6 is 11.6 Å². The number of halogens is 2. The SMILES string of the molecule is Fc1ccc([C@@H]2CN(Cc3ncc(-c4ccc(Cl)cc4)o3)CCO2)cc1. The maximum Gasteiger partial charge on any atom is 0.209 e. The van der Waals surface area contributed by atoms with Crippen LogP contribution in [-0.4, -0.2) is 29.6 Å². The van der Waals surface area contributed by atoms with Crippen LogP contribution in [0.4, 0.5) is 4.39 Å². The molecule has 4 rings (SSSR count). The van der Waals surface area contributed by atoms with Crippen molar-refractivity contribution in [3.8, 4) is 11.3 Å². The molecule has 0 bridgehead atoms. The van der Waals surface area contributed by atoms with Crippen molar-refractivity contribution >= 4 is 11.6 Å². The minimum absolute atomic E-state index is 0.0740. The summed E-state index contributed by atoms with van der Waals surface area (Å²) in [4.78, 5) is 6.62. The van der Waals surface area contributed by atoms with Crippen molar-refractivity contribution in [1.82, 2.24) is 9.88 Å². The van der Waals surface area contributed by atoms with Crippen LogP contribution in [0.25, 0.3) is 11.3 Å². The van der Waals surface area contributed by atoms with Gasteiger partial charge < -0.3 is 9.15 Å². The summed E-state index contributed by atoms with van der Waals surface area (Å²) in [6, 6.07) is 13.9. The zero-order chi connectivity index (χ0) is 17.9. The van der Waals surface area contributed by atoms with Gasteiger partial charge in [-0.05, 0) is 42.0 Å². The highest BCUT2D eigenvalue weighted by Gasteiger charge is 2.23. The highest BCUT2D eigenvalue weighted by molar-refractivity contribution is 6.30. The molecule has 0 amide bonds. The van der Waals surface area contributed by atoms with Gasteiger partial charge in [0.05, 0.1) is 25.5 Å². The Balaban J connectivity index is 1.42. The molecule has 6 heteroatoms. The number of morpholine rings is 1. The third-order valence-corrected chi connectivity index (χ3v) is 4.69. The highest BCUT2D eigenvalue weighted by atomic mass is 35.5. The van der Waals surface area contributed by atoms with E-state index >= 15 is 0 Å². The molecule has 1 aliphatic rings. The van der Waals surface area contributed by atoms with Crippen molar-refractivity contribution in [2.24, 2.45) is 0 Å². The summed E-state index contributed by atoms with van der Waals surface area (Å²) in [6.07, 6.45) is 1.66. The van der Waals surface area contributed by atoms with Gasteiger partial charge in [-0.25, -0.2) is 9.37 Å². The second kappa shape index (κ2) is 7.58. The molecule has 3 aromatic rings. The number of ether oxygens (including phenoxy) is 1. The predicted octanol–water partition coefficient (Wildman–Crippen LogP) is 4.71. The zero-order valence-corrected chi connectivity index (χ0v) is 14.8. The Hall–Kier alpha value is -2.21. The van der Waals surface area contributed by atoms with Gasteiger partial charge in [0.1, 0.15) is 5.82 Å². The quantitative estimate of drug-likeness (QED) is 0.665. The van der Waals surface area contributed by atoms with Gasteiger partial charge in [0.25, 0.3) is 0 Å². The molecule has 0 N–H and O–H groups in total. The molecule has 0 spiro atoms. The first-order valence-electron chi connectivity index (χ1n) is 8.47. The number of nitrogens with zero attached hydrogens (tertiary/aromatic N) is 2. The van der Waals surface area contributed by atoms with E-state index in [0.717, 1.165) is 23.4 Å². The van der Waals surface area contributed by atoms with E-state index in [1.807, 2.05) is 24.3 Å². The molecule has 2 aromatic carbocycles. The Bertz CT molecular complexity index is 864. The van der Waals surface area contributed by atoms with Crippen LogP contribution in [0.15, 0.2) is 59.1 Å². The second-order valence-corrected chi connectivity index (χ2v) is 6.71. The van der Waals surface area contributed by atoms with E-state index in [4.69, 9.17) is 20.8 Å². The molecule has 1 aliphatic heterocycles. The molecule has 134 valence electrons. The first-order valence-corrected chi connectivity index (χ1v) is 8.85. The van der Waals surface area contributed by atoms with Crippen LogP contribution in [0.5, 0.6) is 0 Å². The van der Waals surface area contributed by atoms with E-state index in [-0.39, 0.29) is 11.9 Å². The Kier molecular flexibility index (Phi) is 5.02. The monoisotopic (exact) mass is 372 g/mol. The first-order chi connectivity index (χ1) is 12.7. The molecule has 1 fully saturated rings. The smallest absolute Gasteiger partial charge is 0.209 e. The molecule has 1 atom stereocenters. The molecular weight excluding hydrogens is 355 g/mol. The van der Waals surface area contributed by atoms with Crippen molar-refractivity contribution < 1.29 is 13.5 Å². The Morgan fingerprint density at radius 3 is 2.65 bits per heavy atom. The number of aromatic nitrogens is 1. The fourth-order valence-electron chi connectivity index (χ4n) is 3.05. The van der Waals surface area contributed by atoms with Crippen molar-refractivity contribution in [1.29, 1.82) is 0 Å². The largest absolute Gasteiger partial charge is 0.439 e. The Morgan fingerprint density at radius 2 is 1.88 bits per heavy atom. The normalized spacial score (nSPS) is 18.2. The van der Waals surface area contributed by atoms with Gasteiger partial charge in [-0.3, -0.25) is 4.90 Å². The number of oxazole rings is 1. The molecule has 2 heterocycles. The number of hydrogen-bond donors (Lipinski definition) is 0. The van der Waals surface area contributed by atoms with Crippen LogP contribution in [0.3, 0.4) is 0 Å². The van der Waals surface area contributed by atoms with Crippen molar-refractivity contribution in [2.75, 3.05) is 19.7 Å². The van der Waals surface area contributed by atoms with E-state index in [2.05, 4.69) is 9.88 Å². The average Bonchev–Trinajstić information content (AvgIpc) is 3.11. The molecule has 0 aliphatic carbocycles. The summed E-state index contributed by atoms with van der Waals surface area (Å²) in [6.45, 7) is 2.74. The van der Waals surface area contributed by atoms with Gasteiger partial charge in [0, 0.05) is 23.7 Å². The van der Waals surface area contributed by atoms with E-state index in [1.165, 1.54) is 12.1 Å². The topological polar surface area (TPSA) is 38.5 Å². The lowest BCUT2D eigenvalue weighted by molar-refractivity contribution is -0.0351. The van der Waals surface area contributed by atoms with Crippen molar-refractivity contribution in [2.45, 2.75) is 12.6 Å². The molecule has 26 heavy (non-hydrogen) atoms. The molecule has 1 aromatic heterocycles. The van der Waals surface area contributed by atoms with E-state index < -0.39 is 0 Å². The summed E-state index contributed by atoms with van der Waals surface area (Å²) < 4.78 is 24.8. The molecule has 0 unspecified atom stereocenters. The number of benzene rings is 2.